The first-order valence-electron chi connectivity index (χ1n) is 5.81. The Morgan fingerprint density at radius 1 is 1.56 bits per heavy atom. The van der Waals surface area contributed by atoms with E-state index in [0.29, 0.717) is 26.0 Å². The van der Waals surface area contributed by atoms with Crippen LogP contribution < -0.4 is 0 Å². The SMILES string of the molecule is O=C(O)[C@H]1COCCN1C(=O)CCc1cccs1. The largest absolute Gasteiger partial charge is 0.480 e. The van der Waals surface area contributed by atoms with Gasteiger partial charge in [0.1, 0.15) is 0 Å². The van der Waals surface area contributed by atoms with Crippen LogP contribution in [0.4, 0.5) is 0 Å². The van der Waals surface area contributed by atoms with Crippen molar-refractivity contribution in [1.82, 2.24) is 4.90 Å². The second-order valence-corrected chi connectivity index (χ2v) is 5.13. The molecule has 2 heterocycles. The Morgan fingerprint density at radius 3 is 3.06 bits per heavy atom. The van der Waals surface area contributed by atoms with Crippen molar-refractivity contribution < 1.29 is 19.4 Å². The van der Waals surface area contributed by atoms with Crippen LogP contribution in [0.5, 0.6) is 0 Å². The zero-order chi connectivity index (χ0) is 13.0. The van der Waals surface area contributed by atoms with Gasteiger partial charge in [-0.25, -0.2) is 4.79 Å². The van der Waals surface area contributed by atoms with Gasteiger partial charge in [0.15, 0.2) is 6.04 Å². The van der Waals surface area contributed by atoms with Crippen LogP contribution in [0.25, 0.3) is 0 Å². The molecule has 1 amide bonds. The van der Waals surface area contributed by atoms with Crippen molar-refractivity contribution in [3.8, 4) is 0 Å². The number of hydrogen-bond acceptors (Lipinski definition) is 4. The van der Waals surface area contributed by atoms with Crippen LogP contribution in [0, 0.1) is 0 Å². The lowest BCUT2D eigenvalue weighted by atomic mass is 10.2. The number of carbonyl (C=O) groups excluding carboxylic acids is 1. The van der Waals surface area contributed by atoms with Crippen LogP contribution in [0.3, 0.4) is 0 Å². The lowest BCUT2D eigenvalue weighted by Crippen LogP contribution is -2.52. The second kappa shape index (κ2) is 5.97. The monoisotopic (exact) mass is 269 g/mol. The van der Waals surface area contributed by atoms with E-state index in [2.05, 4.69) is 0 Å². The van der Waals surface area contributed by atoms with Gasteiger partial charge in [-0.15, -0.1) is 11.3 Å². The van der Waals surface area contributed by atoms with E-state index < -0.39 is 12.0 Å². The number of ether oxygens (including phenoxy) is 1. The number of thiophene rings is 1. The fraction of sp³-hybridized carbons (Fsp3) is 0.500. The summed E-state index contributed by atoms with van der Waals surface area (Å²) in [4.78, 5) is 25.6. The first kappa shape index (κ1) is 13.0. The van der Waals surface area contributed by atoms with Crippen molar-refractivity contribution in [1.29, 1.82) is 0 Å². The lowest BCUT2D eigenvalue weighted by molar-refractivity contribution is -0.158. The Hall–Kier alpha value is -1.40. The Labute approximate surface area is 109 Å². The molecule has 2 rings (SSSR count). The number of morpholine rings is 1. The van der Waals surface area contributed by atoms with Gasteiger partial charge in [0.2, 0.25) is 5.91 Å². The minimum atomic E-state index is -1.00. The van der Waals surface area contributed by atoms with E-state index in [4.69, 9.17) is 9.84 Å². The Bertz CT molecular complexity index is 418. The number of hydrogen-bond donors (Lipinski definition) is 1. The molecule has 0 radical (unpaired) electrons. The van der Waals surface area contributed by atoms with Crippen molar-refractivity contribution in [2.24, 2.45) is 0 Å². The molecule has 0 saturated carbocycles. The molecule has 1 N–H and O–H groups in total. The molecule has 1 aromatic rings. The van der Waals surface area contributed by atoms with Crippen LogP contribution in [-0.4, -0.2) is 47.7 Å². The molecule has 0 spiro atoms. The summed E-state index contributed by atoms with van der Waals surface area (Å²) < 4.78 is 5.10. The van der Waals surface area contributed by atoms with Crippen LogP contribution in [0.1, 0.15) is 11.3 Å². The van der Waals surface area contributed by atoms with Gasteiger partial charge in [-0.3, -0.25) is 4.79 Å². The average Bonchev–Trinajstić information content (AvgIpc) is 2.89. The summed E-state index contributed by atoms with van der Waals surface area (Å²) in [6.07, 6.45) is 1.02. The molecule has 18 heavy (non-hydrogen) atoms. The Kier molecular flexibility index (Phi) is 4.33. The van der Waals surface area contributed by atoms with E-state index in [1.165, 1.54) is 4.90 Å². The smallest absolute Gasteiger partial charge is 0.328 e. The normalized spacial score (nSPS) is 19.8. The molecular formula is C12H15NO4S. The summed E-state index contributed by atoms with van der Waals surface area (Å²) in [6, 6.07) is 3.08. The number of aryl methyl sites for hydroxylation is 1. The molecule has 1 fully saturated rings. The summed E-state index contributed by atoms with van der Waals surface area (Å²) in [5, 5.41) is 11.0. The van der Waals surface area contributed by atoms with Gasteiger partial charge in [0, 0.05) is 17.8 Å². The highest BCUT2D eigenvalue weighted by Crippen LogP contribution is 2.14. The van der Waals surface area contributed by atoms with Gasteiger partial charge in [-0.2, -0.15) is 0 Å². The van der Waals surface area contributed by atoms with Crippen molar-refractivity contribution >= 4 is 23.2 Å². The molecule has 1 atom stereocenters. The van der Waals surface area contributed by atoms with Crippen molar-refractivity contribution in [3.63, 3.8) is 0 Å². The number of aliphatic carboxylic acids is 1. The minimum absolute atomic E-state index is 0.0834. The molecule has 1 aromatic heterocycles. The van der Waals surface area contributed by atoms with E-state index in [1.807, 2.05) is 17.5 Å². The summed E-state index contributed by atoms with van der Waals surface area (Å²) in [5.41, 5.74) is 0. The van der Waals surface area contributed by atoms with Gasteiger partial charge in [-0.1, -0.05) is 6.07 Å². The summed E-state index contributed by atoms with van der Waals surface area (Å²) in [6.45, 7) is 0.856. The molecule has 0 aliphatic carbocycles. The molecule has 98 valence electrons. The minimum Gasteiger partial charge on any atom is -0.480 e. The van der Waals surface area contributed by atoms with Crippen molar-refractivity contribution in [2.45, 2.75) is 18.9 Å². The maximum Gasteiger partial charge on any atom is 0.328 e. The third-order valence-electron chi connectivity index (χ3n) is 2.90. The highest BCUT2D eigenvalue weighted by Gasteiger charge is 2.32. The van der Waals surface area contributed by atoms with Crippen molar-refractivity contribution in [3.05, 3.63) is 22.4 Å². The van der Waals surface area contributed by atoms with Crippen LogP contribution >= 0.6 is 11.3 Å². The predicted molar refractivity (Wildman–Crippen MR) is 66.6 cm³/mol. The number of amides is 1. The molecule has 1 aliphatic rings. The predicted octanol–water partition coefficient (Wildman–Crippen LogP) is 0.993. The number of nitrogens with zero attached hydrogens (tertiary/aromatic N) is 1. The van der Waals surface area contributed by atoms with E-state index in [-0.39, 0.29) is 12.5 Å². The Morgan fingerprint density at radius 2 is 2.39 bits per heavy atom. The molecule has 6 heteroatoms. The highest BCUT2D eigenvalue weighted by atomic mass is 32.1. The number of rotatable bonds is 4. The first-order valence-corrected chi connectivity index (χ1v) is 6.69. The summed E-state index contributed by atoms with van der Waals surface area (Å²) in [7, 11) is 0. The van der Waals surface area contributed by atoms with Gasteiger partial charge in [0.05, 0.1) is 13.2 Å². The molecular weight excluding hydrogens is 254 g/mol. The quantitative estimate of drug-likeness (QED) is 0.885. The third-order valence-corrected chi connectivity index (χ3v) is 3.84. The number of carboxylic acid groups (broad SMARTS) is 1. The molecule has 5 nitrogen and oxygen atoms in total. The van der Waals surface area contributed by atoms with Gasteiger partial charge in [-0.05, 0) is 17.9 Å². The number of carboxylic acids is 1. The van der Waals surface area contributed by atoms with Gasteiger partial charge < -0.3 is 14.7 Å². The fourth-order valence-electron chi connectivity index (χ4n) is 1.94. The number of carbonyl (C=O) groups is 2. The van der Waals surface area contributed by atoms with Crippen LogP contribution in [-0.2, 0) is 20.7 Å². The fourth-order valence-corrected chi connectivity index (χ4v) is 2.64. The zero-order valence-electron chi connectivity index (χ0n) is 9.87. The van der Waals surface area contributed by atoms with E-state index >= 15 is 0 Å². The maximum atomic E-state index is 12.0. The van der Waals surface area contributed by atoms with Gasteiger partial charge >= 0.3 is 5.97 Å². The molecule has 1 saturated heterocycles. The summed E-state index contributed by atoms with van der Waals surface area (Å²) in [5.74, 6) is -1.11. The van der Waals surface area contributed by atoms with Crippen LogP contribution in [0.15, 0.2) is 17.5 Å². The zero-order valence-corrected chi connectivity index (χ0v) is 10.7. The molecule has 0 unspecified atom stereocenters. The standard InChI is InChI=1S/C12H15NO4S/c14-11(4-3-9-2-1-7-18-9)13-5-6-17-8-10(13)12(15)16/h1-2,7,10H,3-6,8H2,(H,15,16)/t10-/m1/s1. The van der Waals surface area contributed by atoms with Crippen LogP contribution in [0.2, 0.25) is 0 Å². The van der Waals surface area contributed by atoms with Crippen molar-refractivity contribution in [2.75, 3.05) is 19.8 Å². The molecule has 1 aliphatic heterocycles. The Balaban J connectivity index is 1.92. The molecule has 0 bridgehead atoms. The first-order chi connectivity index (χ1) is 8.68. The summed E-state index contributed by atoms with van der Waals surface area (Å²) >= 11 is 1.61. The second-order valence-electron chi connectivity index (χ2n) is 4.10. The van der Waals surface area contributed by atoms with Gasteiger partial charge in [0.25, 0.3) is 0 Å². The molecule has 0 aromatic carbocycles. The highest BCUT2D eigenvalue weighted by molar-refractivity contribution is 7.09. The van der Waals surface area contributed by atoms with E-state index in [0.717, 1.165) is 4.88 Å². The third kappa shape index (κ3) is 3.08. The van der Waals surface area contributed by atoms with E-state index in [9.17, 15) is 9.59 Å². The lowest BCUT2D eigenvalue weighted by Gasteiger charge is -2.32. The van der Waals surface area contributed by atoms with E-state index in [1.54, 1.807) is 11.3 Å². The average molecular weight is 269 g/mol. The maximum absolute atomic E-state index is 12.0. The topological polar surface area (TPSA) is 66.8 Å².